The molecule has 0 aliphatic carbocycles. The molecule has 0 aliphatic heterocycles. The van der Waals surface area contributed by atoms with E-state index in [1.807, 2.05) is 25.1 Å². The molecule has 0 unspecified atom stereocenters. The summed E-state index contributed by atoms with van der Waals surface area (Å²) in [5.41, 5.74) is 1.52. The molecule has 1 aromatic carbocycles. The van der Waals surface area contributed by atoms with E-state index in [4.69, 9.17) is 11.6 Å². The van der Waals surface area contributed by atoms with Crippen LogP contribution in [0.4, 0.5) is 5.13 Å². The minimum absolute atomic E-state index is 0.133. The number of aryl methyl sites for hydroxylation is 2. The first-order chi connectivity index (χ1) is 14.7. The molecule has 0 aliphatic rings. The molecule has 9 nitrogen and oxygen atoms in total. The molecule has 0 bridgehead atoms. The van der Waals surface area contributed by atoms with Crippen molar-refractivity contribution in [1.82, 2.24) is 23.7 Å². The summed E-state index contributed by atoms with van der Waals surface area (Å²) in [6.07, 6.45) is 3.75. The van der Waals surface area contributed by atoms with Gasteiger partial charge < -0.3 is 9.88 Å². The molecule has 0 fully saturated rings. The molecule has 0 saturated heterocycles. The van der Waals surface area contributed by atoms with Gasteiger partial charge in [0.15, 0.2) is 16.3 Å². The van der Waals surface area contributed by atoms with Crippen molar-refractivity contribution >= 4 is 45.1 Å². The number of nitrogens with zero attached hydrogens (tertiary/aromatic N) is 5. The molecule has 0 spiro atoms. The number of carbonyl (C=O) groups excluding carboxylic acids is 1. The van der Waals surface area contributed by atoms with Gasteiger partial charge in [0, 0.05) is 36.6 Å². The van der Waals surface area contributed by atoms with Gasteiger partial charge in [0.1, 0.15) is 6.54 Å². The van der Waals surface area contributed by atoms with Crippen LogP contribution in [0.5, 0.6) is 0 Å². The topological polar surface area (TPSA) is 104 Å². The standard InChI is InChI=1S/C20H19ClN6O3S/c1-11-4-5-12(7-14(11)21)6-13-8-22-19(31-13)24-15(28)9-27-10-23-17-16(27)18(29)26(3)20(30)25(17)2/h4-5,7-8,10H,6,9H2,1-3H3,(H,22,24,28). The smallest absolute Gasteiger partial charge is 0.315 e. The van der Waals surface area contributed by atoms with E-state index in [0.717, 1.165) is 20.6 Å². The maximum atomic E-state index is 12.5. The molecule has 0 saturated carbocycles. The molecule has 0 radical (unpaired) electrons. The number of amides is 1. The summed E-state index contributed by atoms with van der Waals surface area (Å²) in [4.78, 5) is 46.4. The third-order valence-corrected chi connectivity index (χ3v) is 6.27. The number of hydrogen-bond acceptors (Lipinski definition) is 6. The lowest BCUT2D eigenvalue weighted by Gasteiger charge is -2.06. The Morgan fingerprint density at radius 3 is 2.71 bits per heavy atom. The predicted octanol–water partition coefficient (Wildman–Crippen LogP) is 2.08. The first kappa shape index (κ1) is 21.0. The second kappa shape index (κ2) is 8.12. The van der Waals surface area contributed by atoms with Crippen molar-refractivity contribution < 1.29 is 4.79 Å². The van der Waals surface area contributed by atoms with Crippen LogP contribution in [-0.4, -0.2) is 29.6 Å². The highest BCUT2D eigenvalue weighted by molar-refractivity contribution is 7.15. The average Bonchev–Trinajstić information content (AvgIpc) is 3.34. The van der Waals surface area contributed by atoms with Gasteiger partial charge in [0.2, 0.25) is 5.91 Å². The molecule has 4 rings (SSSR count). The summed E-state index contributed by atoms with van der Waals surface area (Å²) in [6.45, 7) is 1.82. The Kier molecular flexibility index (Phi) is 5.50. The van der Waals surface area contributed by atoms with Gasteiger partial charge in [-0.25, -0.2) is 14.8 Å². The number of anilines is 1. The summed E-state index contributed by atoms with van der Waals surface area (Å²) in [7, 11) is 2.92. The fraction of sp³-hybridized carbons (Fsp3) is 0.250. The van der Waals surface area contributed by atoms with Gasteiger partial charge >= 0.3 is 5.69 Å². The number of halogens is 1. The number of aromatic nitrogens is 5. The molecular formula is C20H19ClN6O3S. The maximum absolute atomic E-state index is 12.5. The number of benzene rings is 1. The average molecular weight is 459 g/mol. The van der Waals surface area contributed by atoms with E-state index in [2.05, 4.69) is 15.3 Å². The van der Waals surface area contributed by atoms with Gasteiger partial charge in [-0.05, 0) is 24.1 Å². The zero-order valence-electron chi connectivity index (χ0n) is 17.0. The van der Waals surface area contributed by atoms with Crippen LogP contribution >= 0.6 is 22.9 Å². The highest BCUT2D eigenvalue weighted by Gasteiger charge is 2.16. The zero-order valence-corrected chi connectivity index (χ0v) is 18.6. The summed E-state index contributed by atoms with van der Waals surface area (Å²) in [6, 6.07) is 5.90. The van der Waals surface area contributed by atoms with Crippen molar-refractivity contribution in [3.05, 3.63) is 72.6 Å². The van der Waals surface area contributed by atoms with Crippen molar-refractivity contribution in [2.24, 2.45) is 14.1 Å². The van der Waals surface area contributed by atoms with Crippen LogP contribution in [0.3, 0.4) is 0 Å². The van der Waals surface area contributed by atoms with Gasteiger partial charge in [-0.15, -0.1) is 11.3 Å². The molecule has 11 heteroatoms. The number of rotatable bonds is 5. The van der Waals surface area contributed by atoms with Gasteiger partial charge in [-0.1, -0.05) is 23.7 Å². The number of carbonyl (C=O) groups is 1. The van der Waals surface area contributed by atoms with E-state index in [0.29, 0.717) is 16.6 Å². The summed E-state index contributed by atoms with van der Waals surface area (Å²) < 4.78 is 3.69. The van der Waals surface area contributed by atoms with E-state index in [1.54, 1.807) is 6.20 Å². The Hall–Kier alpha value is -3.24. The summed E-state index contributed by atoms with van der Waals surface area (Å²) in [5.74, 6) is -0.352. The number of fused-ring (bicyclic) bond motifs is 1. The van der Waals surface area contributed by atoms with Crippen molar-refractivity contribution in [2.45, 2.75) is 19.9 Å². The lowest BCUT2D eigenvalue weighted by molar-refractivity contribution is -0.116. The SMILES string of the molecule is Cc1ccc(Cc2cnc(NC(=O)Cn3cnc4c3c(=O)n(C)c(=O)n4C)s2)cc1Cl. The van der Waals surface area contributed by atoms with E-state index < -0.39 is 11.2 Å². The van der Waals surface area contributed by atoms with Gasteiger partial charge in [-0.3, -0.25) is 18.7 Å². The van der Waals surface area contributed by atoms with Crippen molar-refractivity contribution in [2.75, 3.05) is 5.32 Å². The van der Waals surface area contributed by atoms with E-state index in [1.165, 1.54) is 40.9 Å². The monoisotopic (exact) mass is 458 g/mol. The van der Waals surface area contributed by atoms with Crippen LogP contribution < -0.4 is 16.6 Å². The van der Waals surface area contributed by atoms with Crippen LogP contribution in [0, 0.1) is 6.92 Å². The molecule has 4 aromatic rings. The molecular weight excluding hydrogens is 440 g/mol. The van der Waals surface area contributed by atoms with Crippen LogP contribution in [0.15, 0.2) is 40.3 Å². The lowest BCUT2D eigenvalue weighted by Crippen LogP contribution is -2.37. The maximum Gasteiger partial charge on any atom is 0.332 e. The Balaban J connectivity index is 1.49. The largest absolute Gasteiger partial charge is 0.332 e. The molecule has 1 amide bonds. The zero-order chi connectivity index (χ0) is 22.3. The molecule has 31 heavy (non-hydrogen) atoms. The Morgan fingerprint density at radius 1 is 1.19 bits per heavy atom. The first-order valence-corrected chi connectivity index (χ1v) is 10.5. The minimum atomic E-state index is -0.503. The van der Waals surface area contributed by atoms with Gasteiger partial charge in [-0.2, -0.15) is 0 Å². The number of hydrogen-bond donors (Lipinski definition) is 1. The fourth-order valence-electron chi connectivity index (χ4n) is 3.22. The van der Waals surface area contributed by atoms with Gasteiger partial charge in [0.05, 0.1) is 6.33 Å². The third kappa shape index (κ3) is 4.04. The summed E-state index contributed by atoms with van der Waals surface area (Å²) >= 11 is 7.55. The number of thiazole rings is 1. The predicted molar refractivity (Wildman–Crippen MR) is 120 cm³/mol. The quantitative estimate of drug-likeness (QED) is 0.493. The molecule has 0 atom stereocenters. The number of imidazole rings is 1. The van der Waals surface area contributed by atoms with Crippen molar-refractivity contribution in [1.29, 1.82) is 0 Å². The van der Waals surface area contributed by atoms with Crippen LogP contribution in [0.25, 0.3) is 11.2 Å². The van der Waals surface area contributed by atoms with Crippen molar-refractivity contribution in [3.63, 3.8) is 0 Å². The molecule has 1 N–H and O–H groups in total. The third-order valence-electron chi connectivity index (χ3n) is 4.95. The Labute approximate surface area is 185 Å². The first-order valence-electron chi connectivity index (χ1n) is 9.35. The Bertz CT molecular complexity index is 1430. The van der Waals surface area contributed by atoms with Crippen LogP contribution in [0.1, 0.15) is 16.0 Å². The second-order valence-electron chi connectivity index (χ2n) is 7.19. The fourth-order valence-corrected chi connectivity index (χ4v) is 4.29. The van der Waals surface area contributed by atoms with E-state index in [9.17, 15) is 14.4 Å². The lowest BCUT2D eigenvalue weighted by atomic mass is 10.1. The molecule has 3 aromatic heterocycles. The van der Waals surface area contributed by atoms with E-state index in [-0.39, 0.29) is 23.6 Å². The Morgan fingerprint density at radius 2 is 1.97 bits per heavy atom. The minimum Gasteiger partial charge on any atom is -0.315 e. The number of nitrogens with one attached hydrogen (secondary N) is 1. The van der Waals surface area contributed by atoms with Gasteiger partial charge in [0.25, 0.3) is 5.56 Å². The summed E-state index contributed by atoms with van der Waals surface area (Å²) in [5, 5.41) is 3.92. The van der Waals surface area contributed by atoms with Crippen LogP contribution in [-0.2, 0) is 31.9 Å². The normalized spacial score (nSPS) is 11.2. The second-order valence-corrected chi connectivity index (χ2v) is 8.71. The van der Waals surface area contributed by atoms with Crippen molar-refractivity contribution in [3.8, 4) is 0 Å². The highest BCUT2D eigenvalue weighted by atomic mass is 35.5. The molecule has 160 valence electrons. The van der Waals surface area contributed by atoms with E-state index >= 15 is 0 Å². The van der Waals surface area contributed by atoms with Crippen LogP contribution in [0.2, 0.25) is 5.02 Å². The molecule has 3 heterocycles. The highest BCUT2D eigenvalue weighted by Crippen LogP contribution is 2.24.